The monoisotopic (exact) mass is 379 g/mol. The van der Waals surface area contributed by atoms with E-state index in [4.69, 9.17) is 4.52 Å². The van der Waals surface area contributed by atoms with Crippen molar-refractivity contribution < 1.29 is 8.91 Å². The van der Waals surface area contributed by atoms with Gasteiger partial charge in [-0.25, -0.2) is 9.38 Å². The molecule has 0 aliphatic carbocycles. The lowest BCUT2D eigenvalue weighted by atomic mass is 10.0. The van der Waals surface area contributed by atoms with Crippen LogP contribution in [0.3, 0.4) is 0 Å². The molecule has 0 unspecified atom stereocenters. The smallest absolute Gasteiger partial charge is 0.193 e. The summed E-state index contributed by atoms with van der Waals surface area (Å²) >= 11 is 0. The van der Waals surface area contributed by atoms with Crippen molar-refractivity contribution in [2.24, 2.45) is 4.99 Å². The molecule has 1 aliphatic heterocycles. The summed E-state index contributed by atoms with van der Waals surface area (Å²) in [5.74, 6) is 1.32. The van der Waals surface area contributed by atoms with Crippen molar-refractivity contribution in [1.82, 2.24) is 21.1 Å². The molecule has 1 aliphatic rings. The number of aryl methyl sites for hydroxylation is 2. The molecule has 2 aromatic carbocycles. The molecule has 0 fully saturated rings. The molecule has 3 N–H and O–H groups in total. The number of nitrogens with one attached hydrogen (secondary N) is 3. The fourth-order valence-corrected chi connectivity index (χ4v) is 3.08. The molecule has 0 bridgehead atoms. The van der Waals surface area contributed by atoms with Gasteiger partial charge in [0.05, 0.1) is 19.9 Å². The minimum absolute atomic E-state index is 0.207. The van der Waals surface area contributed by atoms with Crippen LogP contribution >= 0.6 is 0 Å². The van der Waals surface area contributed by atoms with Crippen molar-refractivity contribution in [3.05, 3.63) is 77.4 Å². The third-order valence-electron chi connectivity index (χ3n) is 4.55. The maximum Gasteiger partial charge on any atom is 0.193 e. The molecule has 4 rings (SSSR count). The van der Waals surface area contributed by atoms with Gasteiger partial charge >= 0.3 is 0 Å². The number of aliphatic imine (C=N–C) groups is 1. The molecule has 3 aromatic rings. The largest absolute Gasteiger partial charge is 0.361 e. The van der Waals surface area contributed by atoms with Gasteiger partial charge in [0.2, 0.25) is 0 Å². The molecule has 0 saturated carbocycles. The number of halogens is 1. The van der Waals surface area contributed by atoms with Crippen molar-refractivity contribution in [3.8, 4) is 11.1 Å². The summed E-state index contributed by atoms with van der Waals surface area (Å²) in [6.07, 6.45) is 1.36. The average molecular weight is 379 g/mol. The maximum absolute atomic E-state index is 14.5. The summed E-state index contributed by atoms with van der Waals surface area (Å²) in [7, 11) is 0. The Morgan fingerprint density at radius 1 is 1.07 bits per heavy atom. The van der Waals surface area contributed by atoms with Gasteiger partial charge in [0.15, 0.2) is 5.96 Å². The van der Waals surface area contributed by atoms with Crippen molar-refractivity contribution in [2.45, 2.75) is 19.4 Å². The molecular formula is C21H22FN5O. The Labute approximate surface area is 162 Å². The van der Waals surface area contributed by atoms with Crippen molar-refractivity contribution in [1.29, 1.82) is 0 Å². The van der Waals surface area contributed by atoms with E-state index >= 15 is 0 Å². The molecular weight excluding hydrogens is 357 g/mol. The highest BCUT2D eigenvalue weighted by Crippen LogP contribution is 2.24. The highest BCUT2D eigenvalue weighted by atomic mass is 19.1. The Balaban J connectivity index is 1.33. The van der Waals surface area contributed by atoms with Gasteiger partial charge in [0, 0.05) is 18.1 Å². The van der Waals surface area contributed by atoms with E-state index in [0.29, 0.717) is 38.3 Å². The van der Waals surface area contributed by atoms with Crippen molar-refractivity contribution in [2.75, 3.05) is 13.3 Å². The van der Waals surface area contributed by atoms with Gasteiger partial charge in [-0.05, 0) is 23.6 Å². The van der Waals surface area contributed by atoms with Gasteiger partial charge < -0.3 is 15.2 Å². The first-order valence-corrected chi connectivity index (χ1v) is 9.29. The number of benzene rings is 2. The van der Waals surface area contributed by atoms with Crippen LogP contribution in [0, 0.1) is 5.82 Å². The van der Waals surface area contributed by atoms with Crippen LogP contribution in [0.2, 0.25) is 0 Å². The average Bonchev–Trinajstić information content (AvgIpc) is 3.20. The van der Waals surface area contributed by atoms with E-state index in [1.54, 1.807) is 6.07 Å². The molecule has 7 heteroatoms. The van der Waals surface area contributed by atoms with Crippen LogP contribution in [-0.2, 0) is 19.4 Å². The molecule has 6 nitrogen and oxygen atoms in total. The summed E-state index contributed by atoms with van der Waals surface area (Å²) in [6, 6.07) is 16.9. The van der Waals surface area contributed by atoms with Crippen molar-refractivity contribution >= 4 is 5.96 Å². The van der Waals surface area contributed by atoms with Crippen LogP contribution in [-0.4, -0.2) is 24.5 Å². The summed E-state index contributed by atoms with van der Waals surface area (Å²) in [4.78, 5) is 4.25. The molecule has 144 valence electrons. The lowest BCUT2D eigenvalue weighted by Crippen LogP contribution is -2.46. The zero-order valence-corrected chi connectivity index (χ0v) is 15.4. The van der Waals surface area contributed by atoms with Crippen LogP contribution in [0.25, 0.3) is 11.1 Å². The Morgan fingerprint density at radius 2 is 1.96 bits per heavy atom. The van der Waals surface area contributed by atoms with E-state index in [2.05, 4.69) is 26.1 Å². The number of nitrogens with zero attached hydrogens (tertiary/aromatic N) is 2. The normalized spacial score (nSPS) is 13.7. The third kappa shape index (κ3) is 4.55. The molecule has 1 aromatic heterocycles. The van der Waals surface area contributed by atoms with Crippen LogP contribution in [0.4, 0.5) is 4.39 Å². The lowest BCUT2D eigenvalue weighted by molar-refractivity contribution is 0.376. The molecule has 0 saturated heterocycles. The first-order valence-electron chi connectivity index (χ1n) is 9.29. The Kier molecular flexibility index (Phi) is 5.63. The highest BCUT2D eigenvalue weighted by molar-refractivity contribution is 5.80. The number of rotatable bonds is 6. The minimum Gasteiger partial charge on any atom is -0.361 e. The molecule has 28 heavy (non-hydrogen) atoms. The third-order valence-corrected chi connectivity index (χ3v) is 4.55. The predicted molar refractivity (Wildman–Crippen MR) is 106 cm³/mol. The van der Waals surface area contributed by atoms with Gasteiger partial charge in [0.25, 0.3) is 0 Å². The zero-order chi connectivity index (χ0) is 19.2. The number of hydrogen-bond acceptors (Lipinski definition) is 6. The fraction of sp³-hybridized carbons (Fsp3) is 0.238. The van der Waals surface area contributed by atoms with Gasteiger partial charge in [0.1, 0.15) is 17.3 Å². The maximum atomic E-state index is 14.5. The summed E-state index contributed by atoms with van der Waals surface area (Å²) in [6.45, 7) is 1.82. The van der Waals surface area contributed by atoms with E-state index in [9.17, 15) is 4.39 Å². The molecule has 0 radical (unpaired) electrons. The summed E-state index contributed by atoms with van der Waals surface area (Å²) in [5.41, 5.74) is 3.24. The minimum atomic E-state index is -0.207. The van der Waals surface area contributed by atoms with E-state index in [1.807, 2.05) is 48.5 Å². The van der Waals surface area contributed by atoms with E-state index < -0.39 is 0 Å². The van der Waals surface area contributed by atoms with Gasteiger partial charge in [-0.15, -0.1) is 0 Å². The second-order valence-electron chi connectivity index (χ2n) is 6.59. The Hall–Kier alpha value is -3.19. The highest BCUT2D eigenvalue weighted by Gasteiger charge is 2.09. The van der Waals surface area contributed by atoms with Crippen LogP contribution in [0.5, 0.6) is 0 Å². The summed E-state index contributed by atoms with van der Waals surface area (Å²) < 4.78 is 19.9. The first kappa shape index (κ1) is 18.2. The summed E-state index contributed by atoms with van der Waals surface area (Å²) in [5, 5.41) is 13.4. The first-order chi connectivity index (χ1) is 13.8. The fourth-order valence-electron chi connectivity index (χ4n) is 3.08. The predicted octanol–water partition coefficient (Wildman–Crippen LogP) is 2.82. The number of aromatic nitrogens is 1. The number of hydrogen-bond donors (Lipinski definition) is 3. The van der Waals surface area contributed by atoms with E-state index in [0.717, 1.165) is 28.5 Å². The number of guanidine groups is 1. The zero-order valence-electron chi connectivity index (χ0n) is 15.4. The molecule has 0 amide bonds. The standard InChI is InChI=1S/C21H22FN5O/c22-20-10-15(7-9-19(20)16-4-2-1-3-5-16)6-8-18-11-17(27-28-18)12-24-21-25-13-23-14-26-21/h1-5,7,9-11,23H,6,8,12-14H2,(H2,24,25,26). The Morgan fingerprint density at radius 3 is 2.75 bits per heavy atom. The molecule has 2 heterocycles. The topological polar surface area (TPSA) is 74.5 Å². The lowest BCUT2D eigenvalue weighted by Gasteiger charge is -2.16. The van der Waals surface area contributed by atoms with Gasteiger partial charge in [-0.3, -0.25) is 5.32 Å². The van der Waals surface area contributed by atoms with Crippen LogP contribution < -0.4 is 16.0 Å². The van der Waals surface area contributed by atoms with E-state index in [1.165, 1.54) is 0 Å². The second kappa shape index (κ2) is 8.67. The second-order valence-corrected chi connectivity index (χ2v) is 6.59. The quantitative estimate of drug-likeness (QED) is 0.614. The molecule has 0 spiro atoms. The molecule has 0 atom stereocenters. The van der Waals surface area contributed by atoms with E-state index in [-0.39, 0.29) is 5.82 Å². The van der Waals surface area contributed by atoms with Gasteiger partial charge in [-0.1, -0.05) is 47.6 Å². The van der Waals surface area contributed by atoms with Gasteiger partial charge in [-0.2, -0.15) is 0 Å². The van der Waals surface area contributed by atoms with Crippen molar-refractivity contribution in [3.63, 3.8) is 0 Å². The van der Waals surface area contributed by atoms with Crippen LogP contribution in [0.1, 0.15) is 17.0 Å². The Bertz CT molecular complexity index is 954. The SMILES string of the molecule is Fc1cc(CCc2cc(CNC3=NCNCN3)no2)ccc1-c1ccccc1. The van der Waals surface area contributed by atoms with Crippen LogP contribution in [0.15, 0.2) is 64.1 Å².